The number of carbonyl (C=O) groups is 1. The first-order chi connectivity index (χ1) is 6.81. The molecule has 1 aromatic carbocycles. The highest BCUT2D eigenvalue weighted by Gasteiger charge is 2.31. The van der Waals surface area contributed by atoms with Gasteiger partial charge in [0.05, 0.1) is 0 Å². The molecule has 5 heteroatoms. The van der Waals surface area contributed by atoms with Gasteiger partial charge in [-0.1, -0.05) is 42.1 Å². The van der Waals surface area contributed by atoms with E-state index in [1.807, 2.05) is 30.3 Å². The summed E-state index contributed by atoms with van der Waals surface area (Å²) in [6.45, 7) is 0. The molecule has 0 bridgehead atoms. The smallest absolute Gasteiger partial charge is 0.244 e. The SMILES string of the molecule is N/N=C1\NC(=O)[C@@H](c2ccccc2)S1. The Hall–Kier alpha value is -1.49. The minimum atomic E-state index is -0.224. The molecule has 1 saturated heterocycles. The Balaban J connectivity index is 2.25. The summed E-state index contributed by atoms with van der Waals surface area (Å²) in [5.74, 6) is 5.02. The van der Waals surface area contributed by atoms with Gasteiger partial charge in [-0.05, 0) is 5.56 Å². The van der Waals surface area contributed by atoms with Gasteiger partial charge in [0.15, 0.2) is 5.17 Å². The van der Waals surface area contributed by atoms with Crippen molar-refractivity contribution in [1.29, 1.82) is 0 Å². The Labute approximate surface area is 85.6 Å². The molecular weight excluding hydrogens is 198 g/mol. The molecule has 0 aromatic heterocycles. The van der Waals surface area contributed by atoms with E-state index in [9.17, 15) is 4.79 Å². The fourth-order valence-electron chi connectivity index (χ4n) is 1.28. The normalized spacial score (nSPS) is 23.9. The number of carbonyl (C=O) groups excluding carboxylic acids is 1. The standard InChI is InChI=1S/C9H9N3OS/c10-12-9-11-8(13)7(14-9)6-4-2-1-3-5-6/h1-5,7H,10H2,(H,11,12,13)/t7-/m1/s1. The Morgan fingerprint density at radius 1 is 1.36 bits per heavy atom. The molecule has 1 aromatic rings. The number of hydrazone groups is 1. The van der Waals surface area contributed by atoms with Gasteiger partial charge in [-0.15, -0.1) is 0 Å². The number of benzene rings is 1. The molecule has 0 radical (unpaired) electrons. The van der Waals surface area contributed by atoms with Crippen LogP contribution in [0.15, 0.2) is 35.4 Å². The van der Waals surface area contributed by atoms with Gasteiger partial charge in [0.25, 0.3) is 0 Å². The number of hydrogen-bond acceptors (Lipinski definition) is 4. The average Bonchev–Trinajstić information content (AvgIpc) is 2.61. The molecule has 1 heterocycles. The number of nitrogens with two attached hydrogens (primary N) is 1. The van der Waals surface area contributed by atoms with Gasteiger partial charge in [-0.25, -0.2) is 0 Å². The minimum Gasteiger partial charge on any atom is -0.321 e. The van der Waals surface area contributed by atoms with Crippen molar-refractivity contribution in [1.82, 2.24) is 5.32 Å². The zero-order chi connectivity index (χ0) is 9.97. The summed E-state index contributed by atoms with van der Waals surface area (Å²) in [4.78, 5) is 11.5. The third kappa shape index (κ3) is 1.58. The van der Waals surface area contributed by atoms with Crippen LogP contribution in [-0.2, 0) is 4.79 Å². The highest BCUT2D eigenvalue weighted by Crippen LogP contribution is 2.33. The van der Waals surface area contributed by atoms with E-state index in [1.54, 1.807) is 0 Å². The first kappa shape index (κ1) is 9.08. The lowest BCUT2D eigenvalue weighted by Crippen LogP contribution is -2.22. The van der Waals surface area contributed by atoms with Crippen LogP contribution in [0.5, 0.6) is 0 Å². The maximum absolute atomic E-state index is 11.5. The topological polar surface area (TPSA) is 67.5 Å². The number of hydrogen-bond donors (Lipinski definition) is 2. The molecule has 4 nitrogen and oxygen atoms in total. The summed E-state index contributed by atoms with van der Waals surface area (Å²) in [7, 11) is 0. The van der Waals surface area contributed by atoms with Gasteiger partial charge < -0.3 is 11.2 Å². The summed E-state index contributed by atoms with van der Waals surface area (Å²) in [5, 5.41) is 6.31. The molecule has 1 atom stereocenters. The monoisotopic (exact) mass is 207 g/mol. The van der Waals surface area contributed by atoms with Crippen molar-refractivity contribution in [3.63, 3.8) is 0 Å². The zero-order valence-electron chi connectivity index (χ0n) is 7.31. The predicted octanol–water partition coefficient (Wildman–Crippen LogP) is 0.820. The molecule has 1 aliphatic rings. The third-order valence-corrected chi connectivity index (χ3v) is 3.07. The van der Waals surface area contributed by atoms with E-state index in [1.165, 1.54) is 11.8 Å². The second-order valence-electron chi connectivity index (χ2n) is 2.83. The minimum absolute atomic E-state index is 0.0644. The van der Waals surface area contributed by atoms with Gasteiger partial charge in [-0.2, -0.15) is 5.10 Å². The molecule has 2 rings (SSSR count). The van der Waals surface area contributed by atoms with Crippen LogP contribution in [0.2, 0.25) is 0 Å². The molecule has 0 saturated carbocycles. The number of thioether (sulfide) groups is 1. The lowest BCUT2D eigenvalue weighted by molar-refractivity contribution is -0.118. The van der Waals surface area contributed by atoms with Crippen molar-refractivity contribution in [3.8, 4) is 0 Å². The van der Waals surface area contributed by atoms with E-state index in [0.29, 0.717) is 5.17 Å². The third-order valence-electron chi connectivity index (χ3n) is 1.92. The number of nitrogens with zero attached hydrogens (tertiary/aromatic N) is 1. The summed E-state index contributed by atoms with van der Waals surface area (Å²) in [6, 6.07) is 9.55. The van der Waals surface area contributed by atoms with Crippen LogP contribution >= 0.6 is 11.8 Å². The Morgan fingerprint density at radius 3 is 2.64 bits per heavy atom. The molecule has 14 heavy (non-hydrogen) atoms. The van der Waals surface area contributed by atoms with E-state index in [2.05, 4.69) is 10.4 Å². The molecule has 1 fully saturated rings. The molecule has 0 aliphatic carbocycles. The Kier molecular flexibility index (Phi) is 2.41. The highest BCUT2D eigenvalue weighted by atomic mass is 32.2. The molecule has 72 valence electrons. The van der Waals surface area contributed by atoms with E-state index in [-0.39, 0.29) is 11.2 Å². The number of amidine groups is 1. The van der Waals surface area contributed by atoms with Gasteiger partial charge in [0.2, 0.25) is 5.91 Å². The fourth-order valence-corrected chi connectivity index (χ4v) is 2.18. The molecular formula is C9H9N3OS. The summed E-state index contributed by atoms with van der Waals surface area (Å²) >= 11 is 1.34. The second-order valence-corrected chi connectivity index (χ2v) is 3.93. The van der Waals surface area contributed by atoms with Crippen LogP contribution in [0, 0.1) is 0 Å². The van der Waals surface area contributed by atoms with Crippen LogP contribution in [0.4, 0.5) is 0 Å². The molecule has 1 amide bonds. The first-order valence-electron chi connectivity index (χ1n) is 4.11. The van der Waals surface area contributed by atoms with Gasteiger partial charge >= 0.3 is 0 Å². The summed E-state index contributed by atoms with van der Waals surface area (Å²) in [5.41, 5.74) is 0.966. The zero-order valence-corrected chi connectivity index (χ0v) is 8.12. The van der Waals surface area contributed by atoms with Crippen LogP contribution in [-0.4, -0.2) is 11.1 Å². The van der Waals surface area contributed by atoms with Crippen LogP contribution in [0.1, 0.15) is 10.8 Å². The Bertz CT molecular complexity index is 377. The lowest BCUT2D eigenvalue weighted by Gasteiger charge is -2.03. The second kappa shape index (κ2) is 3.71. The van der Waals surface area contributed by atoms with Crippen LogP contribution < -0.4 is 11.2 Å². The maximum atomic E-state index is 11.5. The van der Waals surface area contributed by atoms with Gasteiger partial charge in [0, 0.05) is 0 Å². The maximum Gasteiger partial charge on any atom is 0.244 e. The van der Waals surface area contributed by atoms with Gasteiger partial charge in [0.1, 0.15) is 5.25 Å². The van der Waals surface area contributed by atoms with Crippen molar-refractivity contribution in [2.45, 2.75) is 5.25 Å². The molecule has 0 unspecified atom stereocenters. The number of nitrogens with one attached hydrogen (secondary N) is 1. The quantitative estimate of drug-likeness (QED) is 0.529. The lowest BCUT2D eigenvalue weighted by atomic mass is 10.1. The Morgan fingerprint density at radius 2 is 2.07 bits per heavy atom. The summed E-state index contributed by atoms with van der Waals surface area (Å²) < 4.78 is 0. The van der Waals surface area contributed by atoms with Crippen molar-refractivity contribution < 1.29 is 4.79 Å². The van der Waals surface area contributed by atoms with Crippen molar-refractivity contribution in [3.05, 3.63) is 35.9 Å². The molecule has 3 N–H and O–H groups in total. The van der Waals surface area contributed by atoms with Gasteiger partial charge in [-0.3, -0.25) is 4.79 Å². The fraction of sp³-hybridized carbons (Fsp3) is 0.111. The average molecular weight is 207 g/mol. The van der Waals surface area contributed by atoms with Crippen LogP contribution in [0.3, 0.4) is 0 Å². The number of rotatable bonds is 1. The predicted molar refractivity (Wildman–Crippen MR) is 56.5 cm³/mol. The largest absolute Gasteiger partial charge is 0.321 e. The van der Waals surface area contributed by atoms with Crippen molar-refractivity contribution in [2.24, 2.45) is 10.9 Å². The summed E-state index contributed by atoms with van der Waals surface area (Å²) in [6.07, 6.45) is 0. The first-order valence-corrected chi connectivity index (χ1v) is 4.99. The van der Waals surface area contributed by atoms with Crippen LogP contribution in [0.25, 0.3) is 0 Å². The van der Waals surface area contributed by atoms with E-state index < -0.39 is 0 Å². The highest BCUT2D eigenvalue weighted by molar-refractivity contribution is 8.15. The van der Waals surface area contributed by atoms with E-state index >= 15 is 0 Å². The molecule has 1 aliphatic heterocycles. The number of amides is 1. The van der Waals surface area contributed by atoms with Crippen molar-refractivity contribution >= 4 is 22.8 Å². The van der Waals surface area contributed by atoms with Crippen molar-refractivity contribution in [2.75, 3.05) is 0 Å². The van der Waals surface area contributed by atoms with E-state index in [0.717, 1.165) is 5.56 Å². The van der Waals surface area contributed by atoms with E-state index in [4.69, 9.17) is 5.84 Å². The molecule has 0 spiro atoms.